The van der Waals surface area contributed by atoms with Crippen LogP contribution in [0.25, 0.3) is 0 Å². The largest absolute Gasteiger partial charge is 0.447 e. The fraction of sp³-hybridized carbons (Fsp3) is 0.615. The summed E-state index contributed by atoms with van der Waals surface area (Å²) in [5.74, 6) is -0.0406. The lowest BCUT2D eigenvalue weighted by molar-refractivity contribution is -0.124. The quantitative estimate of drug-likeness (QED) is 0.462. The molecule has 1 heterocycles. The fourth-order valence-electron chi connectivity index (χ4n) is 4.35. The zero-order valence-electron chi connectivity index (χ0n) is 20.4. The minimum absolute atomic E-state index is 0.0872. The summed E-state index contributed by atoms with van der Waals surface area (Å²) in [6, 6.07) is 10.7. The van der Waals surface area contributed by atoms with Gasteiger partial charge in [-0.25, -0.2) is 4.79 Å². The van der Waals surface area contributed by atoms with Crippen molar-refractivity contribution in [1.29, 1.82) is 5.26 Å². The van der Waals surface area contributed by atoms with Crippen LogP contribution in [0, 0.1) is 16.7 Å². The molecule has 2 N–H and O–H groups in total. The molecule has 0 radical (unpaired) electrons. The predicted molar refractivity (Wildman–Crippen MR) is 129 cm³/mol. The lowest BCUT2D eigenvalue weighted by Gasteiger charge is -2.28. The van der Waals surface area contributed by atoms with E-state index < -0.39 is 17.7 Å². The van der Waals surface area contributed by atoms with Crippen molar-refractivity contribution in [2.45, 2.75) is 83.4 Å². The average molecular weight is 469 g/mol. The van der Waals surface area contributed by atoms with Gasteiger partial charge in [-0.15, -0.1) is 0 Å². The van der Waals surface area contributed by atoms with Gasteiger partial charge in [0.15, 0.2) is 0 Å². The molecule has 8 heteroatoms. The Morgan fingerprint density at radius 1 is 1.24 bits per heavy atom. The smallest absolute Gasteiger partial charge is 0.412 e. The van der Waals surface area contributed by atoms with E-state index in [0.29, 0.717) is 31.4 Å². The third-order valence-electron chi connectivity index (χ3n) is 6.12. The molecule has 2 fully saturated rings. The SMILES string of the molecule is CC(C)(C)C[C@H](N=C(NC(=O)OCC1CCCO1)c1ccccc1)C(=O)NC1(C#N)CCCC1. The van der Waals surface area contributed by atoms with Crippen LogP contribution in [0.5, 0.6) is 0 Å². The Balaban J connectivity index is 1.82. The molecule has 1 aromatic carbocycles. The summed E-state index contributed by atoms with van der Waals surface area (Å²) in [4.78, 5) is 30.7. The number of hydrogen-bond donors (Lipinski definition) is 2. The predicted octanol–water partition coefficient (Wildman–Crippen LogP) is 4.10. The van der Waals surface area contributed by atoms with Gasteiger partial charge in [0.05, 0.1) is 12.2 Å². The fourth-order valence-corrected chi connectivity index (χ4v) is 4.35. The van der Waals surface area contributed by atoms with Crippen molar-refractivity contribution in [3.05, 3.63) is 35.9 Å². The van der Waals surface area contributed by atoms with Crippen LogP contribution in [0.4, 0.5) is 4.79 Å². The number of aliphatic imine (C=N–C) groups is 1. The number of nitriles is 1. The van der Waals surface area contributed by atoms with Crippen molar-refractivity contribution in [2.75, 3.05) is 13.2 Å². The third-order valence-corrected chi connectivity index (χ3v) is 6.12. The second kappa shape index (κ2) is 11.5. The summed E-state index contributed by atoms with van der Waals surface area (Å²) in [6.45, 7) is 6.95. The Morgan fingerprint density at radius 3 is 2.53 bits per heavy atom. The molecule has 1 unspecified atom stereocenters. The first-order chi connectivity index (χ1) is 16.2. The van der Waals surface area contributed by atoms with Gasteiger partial charge in [-0.05, 0) is 50.4 Å². The van der Waals surface area contributed by atoms with Gasteiger partial charge in [0.2, 0.25) is 5.91 Å². The summed E-state index contributed by atoms with van der Waals surface area (Å²) in [5, 5.41) is 15.4. The first-order valence-electron chi connectivity index (χ1n) is 12.1. The Labute approximate surface area is 202 Å². The average Bonchev–Trinajstić information content (AvgIpc) is 3.49. The number of carbonyl (C=O) groups excluding carboxylic acids is 2. The van der Waals surface area contributed by atoms with Crippen LogP contribution in [0.15, 0.2) is 35.3 Å². The van der Waals surface area contributed by atoms with E-state index in [1.807, 2.05) is 51.1 Å². The van der Waals surface area contributed by atoms with Gasteiger partial charge in [0.1, 0.15) is 24.0 Å². The number of rotatable bonds is 7. The van der Waals surface area contributed by atoms with Crippen LogP contribution in [-0.2, 0) is 14.3 Å². The maximum absolute atomic E-state index is 13.4. The number of ether oxygens (including phenoxy) is 2. The maximum atomic E-state index is 13.4. The third kappa shape index (κ3) is 7.56. The van der Waals surface area contributed by atoms with Gasteiger partial charge in [-0.2, -0.15) is 5.26 Å². The zero-order chi connectivity index (χ0) is 24.6. The van der Waals surface area contributed by atoms with E-state index in [1.165, 1.54) is 0 Å². The van der Waals surface area contributed by atoms with Crippen LogP contribution in [0.1, 0.15) is 71.3 Å². The number of amides is 2. The van der Waals surface area contributed by atoms with E-state index in [1.54, 1.807) is 0 Å². The van der Waals surface area contributed by atoms with E-state index in [-0.39, 0.29) is 29.9 Å². The molecular formula is C26H36N4O4. The van der Waals surface area contributed by atoms with Gasteiger partial charge in [0, 0.05) is 12.2 Å². The van der Waals surface area contributed by atoms with E-state index >= 15 is 0 Å². The summed E-state index contributed by atoms with van der Waals surface area (Å²) in [6.07, 6.45) is 4.64. The van der Waals surface area contributed by atoms with E-state index in [2.05, 4.69) is 16.7 Å². The Hall–Kier alpha value is -2.92. The van der Waals surface area contributed by atoms with Gasteiger partial charge in [0.25, 0.3) is 0 Å². The van der Waals surface area contributed by atoms with E-state index in [4.69, 9.17) is 14.5 Å². The highest BCUT2D eigenvalue weighted by atomic mass is 16.6. The Kier molecular flexibility index (Phi) is 8.67. The van der Waals surface area contributed by atoms with Crippen molar-refractivity contribution in [1.82, 2.24) is 10.6 Å². The first kappa shape index (κ1) is 25.7. The topological polar surface area (TPSA) is 113 Å². The Bertz CT molecular complexity index is 905. The molecule has 0 spiro atoms. The number of alkyl carbamates (subject to hydrolysis) is 1. The molecule has 184 valence electrons. The van der Waals surface area contributed by atoms with Gasteiger partial charge in [-0.1, -0.05) is 51.1 Å². The zero-order valence-corrected chi connectivity index (χ0v) is 20.4. The molecule has 3 rings (SSSR count). The van der Waals surface area contributed by atoms with E-state index in [0.717, 1.165) is 25.7 Å². The van der Waals surface area contributed by atoms with Crippen molar-refractivity contribution in [3.8, 4) is 6.07 Å². The van der Waals surface area contributed by atoms with Crippen molar-refractivity contribution in [2.24, 2.45) is 10.4 Å². The number of amidine groups is 1. The van der Waals surface area contributed by atoms with Crippen LogP contribution in [0.3, 0.4) is 0 Å². The molecule has 2 amide bonds. The van der Waals surface area contributed by atoms with Crippen molar-refractivity contribution in [3.63, 3.8) is 0 Å². The molecule has 2 aliphatic rings. The normalized spacial score (nSPS) is 20.9. The Morgan fingerprint density at radius 2 is 1.94 bits per heavy atom. The summed E-state index contributed by atoms with van der Waals surface area (Å²) in [5.41, 5.74) is -0.383. The second-order valence-electron chi connectivity index (χ2n) is 10.4. The summed E-state index contributed by atoms with van der Waals surface area (Å²) >= 11 is 0. The minimum atomic E-state index is -0.844. The lowest BCUT2D eigenvalue weighted by Crippen LogP contribution is -2.50. The summed E-state index contributed by atoms with van der Waals surface area (Å²) < 4.78 is 10.9. The molecule has 2 atom stereocenters. The summed E-state index contributed by atoms with van der Waals surface area (Å²) in [7, 11) is 0. The van der Waals surface area contributed by atoms with E-state index in [9.17, 15) is 14.9 Å². The van der Waals surface area contributed by atoms with Gasteiger partial charge < -0.3 is 14.8 Å². The molecule has 8 nitrogen and oxygen atoms in total. The number of nitrogens with zero attached hydrogens (tertiary/aromatic N) is 2. The molecule has 1 saturated heterocycles. The molecule has 1 aromatic rings. The molecule has 1 aliphatic carbocycles. The van der Waals surface area contributed by atoms with Crippen LogP contribution >= 0.6 is 0 Å². The molecule has 1 aliphatic heterocycles. The second-order valence-corrected chi connectivity index (χ2v) is 10.4. The molecular weight excluding hydrogens is 432 g/mol. The molecule has 0 bridgehead atoms. The number of benzene rings is 1. The van der Waals surface area contributed by atoms with Crippen molar-refractivity contribution >= 4 is 17.8 Å². The van der Waals surface area contributed by atoms with Gasteiger partial charge in [-0.3, -0.25) is 15.1 Å². The van der Waals surface area contributed by atoms with Crippen LogP contribution < -0.4 is 10.6 Å². The minimum Gasteiger partial charge on any atom is -0.447 e. The molecule has 0 aromatic heterocycles. The molecule has 1 saturated carbocycles. The lowest BCUT2D eigenvalue weighted by atomic mass is 9.87. The van der Waals surface area contributed by atoms with Gasteiger partial charge >= 0.3 is 6.09 Å². The highest BCUT2D eigenvalue weighted by Crippen LogP contribution is 2.30. The monoisotopic (exact) mass is 468 g/mol. The standard InChI is InChI=1S/C26H36N4O4/c1-25(2,3)16-21(23(31)30-26(18-27)13-7-8-14-26)28-22(19-10-5-4-6-11-19)29-24(32)34-17-20-12-9-15-33-20/h4-6,10-11,20-21H,7-9,12-17H2,1-3H3,(H,30,31)(H,28,29,32)/t20?,21-/m0/s1. The molecule has 34 heavy (non-hydrogen) atoms. The number of nitrogens with one attached hydrogen (secondary N) is 2. The first-order valence-corrected chi connectivity index (χ1v) is 12.1. The van der Waals surface area contributed by atoms with Crippen LogP contribution in [0.2, 0.25) is 0 Å². The van der Waals surface area contributed by atoms with Crippen LogP contribution in [-0.4, -0.2) is 48.7 Å². The highest BCUT2D eigenvalue weighted by Gasteiger charge is 2.38. The van der Waals surface area contributed by atoms with Crippen molar-refractivity contribution < 1.29 is 19.1 Å². The highest BCUT2D eigenvalue weighted by molar-refractivity contribution is 6.07. The number of hydrogen-bond acceptors (Lipinski definition) is 6. The maximum Gasteiger partial charge on any atom is 0.412 e. The number of carbonyl (C=O) groups is 2.